The minimum atomic E-state index is -3.67. The second-order valence-corrected chi connectivity index (χ2v) is 8.46. The normalized spacial score (nSPS) is 11.3. The zero-order valence-electron chi connectivity index (χ0n) is 15.3. The summed E-state index contributed by atoms with van der Waals surface area (Å²) >= 11 is 0. The number of anilines is 1. The van der Waals surface area contributed by atoms with E-state index in [9.17, 15) is 8.42 Å². The standard InChI is InChI=1S/C22H23NO2S/c1-17-11-13-21(14-12-17)26(24,25)23(22-10-5-4-8-19(22)3)16-20-9-6-7-18(2)15-20/h4-15H,16H2,1-3H3. The Bertz CT molecular complexity index is 1010. The minimum absolute atomic E-state index is 0.294. The molecule has 0 saturated carbocycles. The van der Waals surface area contributed by atoms with Crippen molar-refractivity contribution in [1.82, 2.24) is 0 Å². The highest BCUT2D eigenvalue weighted by Crippen LogP contribution is 2.29. The second-order valence-electron chi connectivity index (χ2n) is 6.60. The van der Waals surface area contributed by atoms with Crippen LogP contribution in [0.2, 0.25) is 0 Å². The number of hydrogen-bond acceptors (Lipinski definition) is 2. The van der Waals surface area contributed by atoms with Crippen LogP contribution in [0.25, 0.3) is 0 Å². The van der Waals surface area contributed by atoms with Crippen LogP contribution in [0.5, 0.6) is 0 Å². The molecule has 0 bridgehead atoms. The lowest BCUT2D eigenvalue weighted by atomic mass is 10.1. The highest BCUT2D eigenvalue weighted by molar-refractivity contribution is 7.92. The molecule has 0 aliphatic rings. The molecule has 3 nitrogen and oxygen atoms in total. The molecule has 0 amide bonds. The lowest BCUT2D eigenvalue weighted by Gasteiger charge is -2.26. The second kappa shape index (κ2) is 7.34. The highest BCUT2D eigenvalue weighted by Gasteiger charge is 2.26. The van der Waals surface area contributed by atoms with Gasteiger partial charge in [0.1, 0.15) is 0 Å². The maximum Gasteiger partial charge on any atom is 0.264 e. The summed E-state index contributed by atoms with van der Waals surface area (Å²) in [6.45, 7) is 6.18. The summed E-state index contributed by atoms with van der Waals surface area (Å²) in [6, 6.07) is 22.5. The van der Waals surface area contributed by atoms with Gasteiger partial charge >= 0.3 is 0 Å². The Hall–Kier alpha value is -2.59. The summed E-state index contributed by atoms with van der Waals surface area (Å²) in [4.78, 5) is 0.305. The Labute approximate surface area is 156 Å². The molecule has 134 valence electrons. The fraction of sp³-hybridized carbons (Fsp3) is 0.182. The molecule has 3 rings (SSSR count). The van der Waals surface area contributed by atoms with Crippen LogP contribution in [-0.2, 0) is 16.6 Å². The fourth-order valence-corrected chi connectivity index (χ4v) is 4.47. The van der Waals surface area contributed by atoms with Gasteiger partial charge in [-0.05, 0) is 50.1 Å². The van der Waals surface area contributed by atoms with Gasteiger partial charge in [0.05, 0.1) is 17.1 Å². The molecule has 0 N–H and O–H groups in total. The molecular weight excluding hydrogens is 342 g/mol. The molecule has 3 aromatic rings. The number of sulfonamides is 1. The first-order chi connectivity index (χ1) is 12.4. The molecular formula is C22H23NO2S. The van der Waals surface area contributed by atoms with E-state index in [0.29, 0.717) is 17.1 Å². The van der Waals surface area contributed by atoms with Gasteiger partial charge in [0.15, 0.2) is 0 Å². The van der Waals surface area contributed by atoms with Gasteiger partial charge in [-0.25, -0.2) is 8.42 Å². The molecule has 0 aliphatic heterocycles. The van der Waals surface area contributed by atoms with E-state index in [1.54, 1.807) is 12.1 Å². The van der Waals surface area contributed by atoms with Gasteiger partial charge < -0.3 is 0 Å². The molecule has 4 heteroatoms. The highest BCUT2D eigenvalue weighted by atomic mass is 32.2. The van der Waals surface area contributed by atoms with Crippen molar-refractivity contribution in [3.8, 4) is 0 Å². The van der Waals surface area contributed by atoms with Crippen LogP contribution in [0.4, 0.5) is 5.69 Å². The maximum atomic E-state index is 13.4. The predicted octanol–water partition coefficient (Wildman–Crippen LogP) is 5.01. The van der Waals surface area contributed by atoms with E-state index in [1.807, 2.05) is 81.4 Å². The molecule has 26 heavy (non-hydrogen) atoms. The first-order valence-electron chi connectivity index (χ1n) is 8.58. The fourth-order valence-electron chi connectivity index (χ4n) is 2.96. The van der Waals surface area contributed by atoms with Crippen LogP contribution >= 0.6 is 0 Å². The largest absolute Gasteiger partial charge is 0.264 e. The Balaban J connectivity index is 2.11. The Morgan fingerprint density at radius 3 is 2.12 bits per heavy atom. The topological polar surface area (TPSA) is 37.4 Å². The molecule has 0 heterocycles. The zero-order valence-corrected chi connectivity index (χ0v) is 16.1. The molecule has 0 saturated heterocycles. The molecule has 0 radical (unpaired) electrons. The van der Waals surface area contributed by atoms with Crippen molar-refractivity contribution in [3.05, 3.63) is 95.1 Å². The molecule has 0 aromatic heterocycles. The van der Waals surface area contributed by atoms with Crippen molar-refractivity contribution in [2.24, 2.45) is 0 Å². The van der Waals surface area contributed by atoms with Crippen molar-refractivity contribution in [1.29, 1.82) is 0 Å². The number of benzene rings is 3. The Kier molecular flexibility index (Phi) is 5.14. The third-order valence-corrected chi connectivity index (χ3v) is 6.18. The monoisotopic (exact) mass is 365 g/mol. The van der Waals surface area contributed by atoms with Gasteiger partial charge in [-0.3, -0.25) is 4.31 Å². The van der Waals surface area contributed by atoms with Crippen LogP contribution < -0.4 is 4.31 Å². The van der Waals surface area contributed by atoms with Gasteiger partial charge in [-0.1, -0.05) is 65.7 Å². The van der Waals surface area contributed by atoms with Crippen molar-refractivity contribution in [2.75, 3.05) is 4.31 Å². The van der Waals surface area contributed by atoms with Crippen molar-refractivity contribution >= 4 is 15.7 Å². The third-order valence-electron chi connectivity index (χ3n) is 4.40. The van der Waals surface area contributed by atoms with Gasteiger partial charge in [0, 0.05) is 0 Å². The summed E-state index contributed by atoms with van der Waals surface area (Å²) in [7, 11) is -3.67. The zero-order chi connectivity index (χ0) is 18.7. The van der Waals surface area contributed by atoms with Crippen LogP contribution in [-0.4, -0.2) is 8.42 Å². The Morgan fingerprint density at radius 1 is 0.769 bits per heavy atom. The van der Waals surface area contributed by atoms with Gasteiger partial charge in [-0.2, -0.15) is 0 Å². The summed E-state index contributed by atoms with van der Waals surface area (Å²) in [5.74, 6) is 0. The molecule has 3 aromatic carbocycles. The van der Waals surface area contributed by atoms with Crippen LogP contribution in [0.3, 0.4) is 0 Å². The Morgan fingerprint density at radius 2 is 1.46 bits per heavy atom. The van der Waals surface area contributed by atoms with Gasteiger partial charge in [0.2, 0.25) is 0 Å². The number of para-hydroxylation sites is 1. The van der Waals surface area contributed by atoms with Crippen LogP contribution in [0.1, 0.15) is 22.3 Å². The van der Waals surface area contributed by atoms with Crippen LogP contribution in [0, 0.1) is 20.8 Å². The molecule has 0 fully saturated rings. The first-order valence-corrected chi connectivity index (χ1v) is 10.0. The van der Waals surface area contributed by atoms with Crippen molar-refractivity contribution in [3.63, 3.8) is 0 Å². The lowest BCUT2D eigenvalue weighted by Crippen LogP contribution is -2.31. The van der Waals surface area contributed by atoms with E-state index in [1.165, 1.54) is 4.31 Å². The molecule has 0 atom stereocenters. The summed E-state index contributed by atoms with van der Waals surface area (Å²) in [6.07, 6.45) is 0. The molecule has 0 unspecified atom stereocenters. The van der Waals surface area contributed by atoms with Crippen molar-refractivity contribution < 1.29 is 8.42 Å². The quantitative estimate of drug-likeness (QED) is 0.637. The number of hydrogen-bond donors (Lipinski definition) is 0. The summed E-state index contributed by atoms with van der Waals surface area (Å²) in [5, 5.41) is 0. The lowest BCUT2D eigenvalue weighted by molar-refractivity contribution is 0.590. The smallest absolute Gasteiger partial charge is 0.262 e. The van der Waals surface area contributed by atoms with Crippen LogP contribution in [0.15, 0.2) is 77.7 Å². The average Bonchev–Trinajstić information content (AvgIpc) is 2.61. The van der Waals surface area contributed by atoms with Crippen molar-refractivity contribution in [2.45, 2.75) is 32.2 Å². The van der Waals surface area contributed by atoms with Gasteiger partial charge in [-0.15, -0.1) is 0 Å². The van der Waals surface area contributed by atoms with E-state index >= 15 is 0 Å². The molecule has 0 aliphatic carbocycles. The number of rotatable bonds is 5. The van der Waals surface area contributed by atoms with E-state index < -0.39 is 10.0 Å². The maximum absolute atomic E-state index is 13.4. The third kappa shape index (κ3) is 3.81. The summed E-state index contributed by atoms with van der Waals surface area (Å²) < 4.78 is 28.3. The SMILES string of the molecule is Cc1ccc(S(=O)(=O)N(Cc2cccc(C)c2)c2ccccc2C)cc1. The molecule has 0 spiro atoms. The number of nitrogens with zero attached hydrogens (tertiary/aromatic N) is 1. The van der Waals surface area contributed by atoms with E-state index in [0.717, 1.165) is 22.3 Å². The van der Waals surface area contributed by atoms with E-state index in [-0.39, 0.29) is 0 Å². The minimum Gasteiger partial charge on any atom is -0.262 e. The van der Waals surface area contributed by atoms with Gasteiger partial charge in [0.25, 0.3) is 10.0 Å². The summed E-state index contributed by atoms with van der Waals surface area (Å²) in [5.41, 5.74) is 4.74. The first kappa shape index (κ1) is 18.2. The number of aryl methyl sites for hydroxylation is 3. The van der Waals surface area contributed by atoms with E-state index in [2.05, 4.69) is 0 Å². The predicted molar refractivity (Wildman–Crippen MR) is 107 cm³/mol. The average molecular weight is 365 g/mol. The van der Waals surface area contributed by atoms with E-state index in [4.69, 9.17) is 0 Å².